The fourth-order valence-electron chi connectivity index (χ4n) is 0.539. The van der Waals surface area contributed by atoms with Crippen molar-refractivity contribution in [1.82, 2.24) is 10.1 Å². The smallest absolute Gasteiger partial charge is 0.227 e. The van der Waals surface area contributed by atoms with Gasteiger partial charge in [0, 0.05) is 11.7 Å². The molecule has 9 heavy (non-hydrogen) atoms. The number of hydrogen-bond donors (Lipinski definition) is 1. The molecule has 0 saturated heterocycles. The zero-order chi connectivity index (χ0) is 6.69. The highest BCUT2D eigenvalue weighted by Crippen LogP contribution is 2.01. The SMILES string of the molecule is CC(S)Cc1ncno1. The molecule has 4 heteroatoms. The predicted molar refractivity (Wildman–Crippen MR) is 36.5 cm³/mol. The number of nitrogens with zero attached hydrogens (tertiary/aromatic N) is 2. The summed E-state index contributed by atoms with van der Waals surface area (Å²) >= 11 is 4.16. The maximum Gasteiger partial charge on any atom is 0.227 e. The van der Waals surface area contributed by atoms with Gasteiger partial charge in [0.15, 0.2) is 6.33 Å². The van der Waals surface area contributed by atoms with Gasteiger partial charge in [-0.1, -0.05) is 12.1 Å². The quantitative estimate of drug-likeness (QED) is 0.627. The Balaban J connectivity index is 2.48. The monoisotopic (exact) mass is 144 g/mol. The lowest BCUT2D eigenvalue weighted by molar-refractivity contribution is 0.377. The molecule has 1 atom stereocenters. The van der Waals surface area contributed by atoms with Crippen molar-refractivity contribution in [2.75, 3.05) is 0 Å². The van der Waals surface area contributed by atoms with Crippen LogP contribution >= 0.6 is 12.6 Å². The normalized spacial score (nSPS) is 13.6. The van der Waals surface area contributed by atoms with Crippen molar-refractivity contribution in [3.8, 4) is 0 Å². The third-order valence-corrected chi connectivity index (χ3v) is 1.06. The minimum Gasteiger partial charge on any atom is -0.340 e. The molecule has 0 N–H and O–H groups in total. The van der Waals surface area contributed by atoms with Gasteiger partial charge in [0.05, 0.1) is 0 Å². The highest BCUT2D eigenvalue weighted by molar-refractivity contribution is 7.80. The highest BCUT2D eigenvalue weighted by atomic mass is 32.1. The summed E-state index contributed by atoms with van der Waals surface area (Å²) in [5, 5.41) is 3.74. The van der Waals surface area contributed by atoms with Crippen LogP contribution in [0.15, 0.2) is 10.9 Å². The highest BCUT2D eigenvalue weighted by Gasteiger charge is 2.01. The molecule has 1 rings (SSSR count). The fourth-order valence-corrected chi connectivity index (χ4v) is 0.695. The number of rotatable bonds is 2. The Hall–Kier alpha value is -0.510. The van der Waals surface area contributed by atoms with Crippen molar-refractivity contribution < 1.29 is 4.52 Å². The molecule has 1 aromatic heterocycles. The summed E-state index contributed by atoms with van der Waals surface area (Å²) in [7, 11) is 0. The molecule has 0 aliphatic heterocycles. The first-order valence-electron chi connectivity index (χ1n) is 2.72. The molecule has 0 amide bonds. The zero-order valence-electron chi connectivity index (χ0n) is 5.11. The molecule has 3 nitrogen and oxygen atoms in total. The Labute approximate surface area is 58.9 Å². The van der Waals surface area contributed by atoms with Crippen LogP contribution in [0.2, 0.25) is 0 Å². The predicted octanol–water partition coefficient (Wildman–Crippen LogP) is 0.930. The van der Waals surface area contributed by atoms with Crippen LogP contribution in [-0.4, -0.2) is 15.4 Å². The maximum atomic E-state index is 4.73. The number of thiol groups is 1. The molecule has 0 bridgehead atoms. The minimum atomic E-state index is 0.283. The fraction of sp³-hybridized carbons (Fsp3) is 0.600. The molecular weight excluding hydrogens is 136 g/mol. The van der Waals surface area contributed by atoms with Crippen LogP contribution in [0.1, 0.15) is 12.8 Å². The molecule has 0 saturated carbocycles. The third-order valence-electron chi connectivity index (χ3n) is 0.877. The van der Waals surface area contributed by atoms with Crippen LogP contribution in [0, 0.1) is 0 Å². The van der Waals surface area contributed by atoms with E-state index in [2.05, 4.69) is 22.8 Å². The molecule has 50 valence electrons. The molecule has 0 spiro atoms. The van der Waals surface area contributed by atoms with Crippen molar-refractivity contribution in [3.63, 3.8) is 0 Å². The molecule has 0 aliphatic carbocycles. The van der Waals surface area contributed by atoms with Crippen molar-refractivity contribution in [3.05, 3.63) is 12.2 Å². The molecule has 1 aromatic rings. The Kier molecular flexibility index (Phi) is 2.10. The van der Waals surface area contributed by atoms with E-state index in [1.54, 1.807) is 0 Å². The van der Waals surface area contributed by atoms with Crippen LogP contribution in [-0.2, 0) is 6.42 Å². The summed E-state index contributed by atoms with van der Waals surface area (Å²) in [5.74, 6) is 0.650. The topological polar surface area (TPSA) is 38.9 Å². The number of aromatic nitrogens is 2. The Morgan fingerprint density at radius 1 is 1.89 bits per heavy atom. The summed E-state index contributed by atoms with van der Waals surface area (Å²) in [5.41, 5.74) is 0. The lowest BCUT2D eigenvalue weighted by Crippen LogP contribution is -1.96. The molecule has 0 radical (unpaired) electrons. The maximum absolute atomic E-state index is 4.73. The van der Waals surface area contributed by atoms with Crippen LogP contribution in [0.3, 0.4) is 0 Å². The van der Waals surface area contributed by atoms with Crippen molar-refractivity contribution >= 4 is 12.6 Å². The van der Waals surface area contributed by atoms with Crippen LogP contribution in [0.25, 0.3) is 0 Å². The standard InChI is InChI=1S/C5H8N2OS/c1-4(9)2-5-6-3-7-8-5/h3-4,9H,2H2,1H3. The largest absolute Gasteiger partial charge is 0.340 e. The van der Waals surface area contributed by atoms with Crippen molar-refractivity contribution in [2.24, 2.45) is 0 Å². The van der Waals surface area contributed by atoms with Gasteiger partial charge in [-0.05, 0) is 0 Å². The van der Waals surface area contributed by atoms with Gasteiger partial charge in [0.25, 0.3) is 0 Å². The van der Waals surface area contributed by atoms with E-state index in [0.717, 1.165) is 6.42 Å². The van der Waals surface area contributed by atoms with Gasteiger partial charge in [-0.2, -0.15) is 17.6 Å². The summed E-state index contributed by atoms with van der Waals surface area (Å²) in [6.07, 6.45) is 2.13. The van der Waals surface area contributed by atoms with E-state index in [4.69, 9.17) is 4.52 Å². The van der Waals surface area contributed by atoms with Gasteiger partial charge in [0.2, 0.25) is 5.89 Å². The van der Waals surface area contributed by atoms with E-state index in [9.17, 15) is 0 Å². The third kappa shape index (κ3) is 2.05. The van der Waals surface area contributed by atoms with Gasteiger partial charge in [0.1, 0.15) is 0 Å². The summed E-state index contributed by atoms with van der Waals surface area (Å²) < 4.78 is 4.73. The number of hydrogen-bond acceptors (Lipinski definition) is 4. The average Bonchev–Trinajstić information content (AvgIpc) is 2.15. The van der Waals surface area contributed by atoms with Crippen molar-refractivity contribution in [2.45, 2.75) is 18.6 Å². The van der Waals surface area contributed by atoms with E-state index in [-0.39, 0.29) is 5.25 Å². The van der Waals surface area contributed by atoms with E-state index in [1.807, 2.05) is 6.92 Å². The molecule has 1 heterocycles. The summed E-state index contributed by atoms with van der Waals surface area (Å²) in [6, 6.07) is 0. The molecule has 0 aliphatic rings. The lowest BCUT2D eigenvalue weighted by atomic mass is 10.3. The second kappa shape index (κ2) is 2.87. The average molecular weight is 144 g/mol. The van der Waals surface area contributed by atoms with Gasteiger partial charge >= 0.3 is 0 Å². The molecular formula is C5H8N2OS. The Morgan fingerprint density at radius 3 is 3.11 bits per heavy atom. The zero-order valence-corrected chi connectivity index (χ0v) is 6.01. The van der Waals surface area contributed by atoms with Gasteiger partial charge < -0.3 is 4.52 Å². The first-order valence-corrected chi connectivity index (χ1v) is 3.24. The molecule has 1 unspecified atom stereocenters. The Morgan fingerprint density at radius 2 is 2.67 bits per heavy atom. The first kappa shape index (κ1) is 6.61. The summed E-state index contributed by atoms with van der Waals surface area (Å²) in [6.45, 7) is 1.98. The van der Waals surface area contributed by atoms with Crippen LogP contribution < -0.4 is 0 Å². The van der Waals surface area contributed by atoms with E-state index < -0.39 is 0 Å². The van der Waals surface area contributed by atoms with E-state index >= 15 is 0 Å². The van der Waals surface area contributed by atoms with E-state index in [1.165, 1.54) is 6.33 Å². The van der Waals surface area contributed by atoms with Crippen LogP contribution in [0.4, 0.5) is 0 Å². The van der Waals surface area contributed by atoms with Crippen LogP contribution in [0.5, 0.6) is 0 Å². The van der Waals surface area contributed by atoms with Gasteiger partial charge in [-0.3, -0.25) is 0 Å². The minimum absolute atomic E-state index is 0.283. The van der Waals surface area contributed by atoms with Gasteiger partial charge in [-0.15, -0.1) is 0 Å². The molecule has 0 fully saturated rings. The van der Waals surface area contributed by atoms with Crippen molar-refractivity contribution in [1.29, 1.82) is 0 Å². The van der Waals surface area contributed by atoms with Gasteiger partial charge in [-0.25, -0.2) is 0 Å². The second-order valence-corrected chi connectivity index (χ2v) is 2.77. The Bertz CT molecular complexity index is 161. The summed E-state index contributed by atoms with van der Waals surface area (Å²) in [4.78, 5) is 3.83. The lowest BCUT2D eigenvalue weighted by Gasteiger charge is -1.94. The molecule has 0 aromatic carbocycles. The first-order chi connectivity index (χ1) is 4.29. The van der Waals surface area contributed by atoms with E-state index in [0.29, 0.717) is 5.89 Å². The second-order valence-electron chi connectivity index (χ2n) is 1.89.